The molecule has 146 valence electrons. The fourth-order valence-electron chi connectivity index (χ4n) is 3.96. The van der Waals surface area contributed by atoms with Crippen molar-refractivity contribution in [1.82, 2.24) is 9.88 Å². The van der Waals surface area contributed by atoms with Gasteiger partial charge < -0.3 is 9.80 Å². The van der Waals surface area contributed by atoms with Crippen LogP contribution in [-0.2, 0) is 0 Å². The van der Waals surface area contributed by atoms with Crippen molar-refractivity contribution >= 4 is 17.3 Å². The highest BCUT2D eigenvalue weighted by Crippen LogP contribution is 2.24. The summed E-state index contributed by atoms with van der Waals surface area (Å²) in [6.45, 7) is 3.32. The first kappa shape index (κ1) is 18.7. The van der Waals surface area contributed by atoms with Crippen molar-refractivity contribution in [2.75, 3.05) is 31.1 Å². The van der Waals surface area contributed by atoms with Gasteiger partial charge in [0.25, 0.3) is 5.91 Å². The second-order valence-corrected chi connectivity index (χ2v) is 7.54. The molecule has 0 unspecified atom stereocenters. The summed E-state index contributed by atoms with van der Waals surface area (Å²) >= 11 is 0. The monoisotopic (exact) mass is 379 g/mol. The molecule has 2 aromatic rings. The van der Waals surface area contributed by atoms with E-state index in [4.69, 9.17) is 0 Å². The van der Waals surface area contributed by atoms with Crippen LogP contribution in [0.1, 0.15) is 48.0 Å². The molecular formula is C23H26FN3O. The molecule has 1 aromatic heterocycles. The van der Waals surface area contributed by atoms with Crippen molar-refractivity contribution < 1.29 is 9.18 Å². The number of anilines is 1. The minimum Gasteiger partial charge on any atom is -0.357 e. The van der Waals surface area contributed by atoms with E-state index in [1.807, 2.05) is 17.0 Å². The fraction of sp³-hybridized carbons (Fsp3) is 0.391. The first-order valence-corrected chi connectivity index (χ1v) is 10.2. The Morgan fingerprint density at radius 2 is 1.68 bits per heavy atom. The third kappa shape index (κ3) is 4.24. The highest BCUT2D eigenvalue weighted by Gasteiger charge is 2.20. The molecule has 3 heterocycles. The molecular weight excluding hydrogens is 353 g/mol. The SMILES string of the molecule is O=C(c1ccc(N2CCCCCC2)nc1)N1CC=C(c2ccc(F)cc2)CC1. The first-order chi connectivity index (χ1) is 13.7. The molecule has 0 atom stereocenters. The third-order valence-electron chi connectivity index (χ3n) is 5.64. The standard InChI is InChI=1S/C23H26FN3O/c24-21-8-5-18(6-9-21)19-11-15-27(16-12-19)23(28)20-7-10-22(25-17-20)26-13-3-1-2-4-14-26/h5-11,17H,1-4,12-16H2. The highest BCUT2D eigenvalue weighted by atomic mass is 19.1. The van der Waals surface area contributed by atoms with Gasteiger partial charge in [-0.2, -0.15) is 0 Å². The molecule has 1 fully saturated rings. The van der Waals surface area contributed by atoms with Crippen LogP contribution < -0.4 is 4.90 Å². The Kier molecular flexibility index (Phi) is 5.70. The molecule has 28 heavy (non-hydrogen) atoms. The van der Waals surface area contributed by atoms with Crippen molar-refractivity contribution in [1.29, 1.82) is 0 Å². The molecule has 0 saturated carbocycles. The molecule has 1 amide bonds. The summed E-state index contributed by atoms with van der Waals surface area (Å²) in [6, 6.07) is 10.4. The largest absolute Gasteiger partial charge is 0.357 e. The Labute approximate surface area is 165 Å². The van der Waals surface area contributed by atoms with Gasteiger partial charge in [0.2, 0.25) is 0 Å². The molecule has 4 nitrogen and oxygen atoms in total. The maximum atomic E-state index is 13.1. The third-order valence-corrected chi connectivity index (χ3v) is 5.64. The van der Waals surface area contributed by atoms with Gasteiger partial charge in [-0.3, -0.25) is 4.79 Å². The van der Waals surface area contributed by atoms with Crippen LogP contribution in [0.2, 0.25) is 0 Å². The fourth-order valence-corrected chi connectivity index (χ4v) is 3.96. The van der Waals surface area contributed by atoms with Crippen LogP contribution in [0.15, 0.2) is 48.7 Å². The molecule has 2 aliphatic heterocycles. The summed E-state index contributed by atoms with van der Waals surface area (Å²) < 4.78 is 13.1. The molecule has 1 saturated heterocycles. The van der Waals surface area contributed by atoms with E-state index in [-0.39, 0.29) is 11.7 Å². The van der Waals surface area contributed by atoms with Gasteiger partial charge in [-0.1, -0.05) is 31.1 Å². The lowest BCUT2D eigenvalue weighted by molar-refractivity contribution is 0.0772. The number of nitrogens with zero attached hydrogens (tertiary/aromatic N) is 3. The Balaban J connectivity index is 1.40. The van der Waals surface area contributed by atoms with Crippen molar-refractivity contribution in [3.63, 3.8) is 0 Å². The predicted molar refractivity (Wildman–Crippen MR) is 110 cm³/mol. The van der Waals surface area contributed by atoms with E-state index in [0.29, 0.717) is 18.7 Å². The van der Waals surface area contributed by atoms with Crippen LogP contribution in [0, 0.1) is 5.82 Å². The topological polar surface area (TPSA) is 36.4 Å². The van der Waals surface area contributed by atoms with Gasteiger partial charge in [0, 0.05) is 32.4 Å². The lowest BCUT2D eigenvalue weighted by Gasteiger charge is -2.27. The van der Waals surface area contributed by atoms with Gasteiger partial charge >= 0.3 is 0 Å². The number of aromatic nitrogens is 1. The van der Waals surface area contributed by atoms with E-state index in [2.05, 4.69) is 16.0 Å². The first-order valence-electron chi connectivity index (χ1n) is 10.2. The summed E-state index contributed by atoms with van der Waals surface area (Å²) in [5.41, 5.74) is 2.83. The quantitative estimate of drug-likeness (QED) is 0.786. The predicted octanol–water partition coefficient (Wildman–Crippen LogP) is 4.53. The van der Waals surface area contributed by atoms with Gasteiger partial charge in [0.1, 0.15) is 11.6 Å². The molecule has 0 radical (unpaired) electrons. The number of rotatable bonds is 3. The van der Waals surface area contributed by atoms with Crippen LogP contribution in [0.4, 0.5) is 10.2 Å². The van der Waals surface area contributed by atoms with Gasteiger partial charge in [0.15, 0.2) is 0 Å². The Morgan fingerprint density at radius 1 is 0.929 bits per heavy atom. The van der Waals surface area contributed by atoms with Crippen molar-refractivity contribution in [3.8, 4) is 0 Å². The zero-order chi connectivity index (χ0) is 19.3. The minimum absolute atomic E-state index is 0.0179. The zero-order valence-electron chi connectivity index (χ0n) is 16.1. The molecule has 2 aliphatic rings. The smallest absolute Gasteiger partial charge is 0.255 e. The molecule has 4 rings (SSSR count). The summed E-state index contributed by atoms with van der Waals surface area (Å²) in [4.78, 5) is 21.5. The summed E-state index contributed by atoms with van der Waals surface area (Å²) in [5, 5.41) is 0. The van der Waals surface area contributed by atoms with Crippen LogP contribution in [0.25, 0.3) is 5.57 Å². The lowest BCUT2D eigenvalue weighted by atomic mass is 9.99. The molecule has 5 heteroatoms. The van der Waals surface area contributed by atoms with Crippen LogP contribution in [0.5, 0.6) is 0 Å². The summed E-state index contributed by atoms with van der Waals surface area (Å²) in [7, 11) is 0. The van der Waals surface area contributed by atoms with Crippen LogP contribution >= 0.6 is 0 Å². The zero-order valence-corrected chi connectivity index (χ0v) is 16.1. The average Bonchev–Trinajstić information content (AvgIpc) is 3.04. The normalized spacial score (nSPS) is 17.8. The number of hydrogen-bond donors (Lipinski definition) is 0. The molecule has 0 aliphatic carbocycles. The van der Waals surface area contributed by atoms with Crippen molar-refractivity contribution in [2.45, 2.75) is 32.1 Å². The molecule has 1 aromatic carbocycles. The number of hydrogen-bond acceptors (Lipinski definition) is 3. The molecule has 0 bridgehead atoms. The maximum absolute atomic E-state index is 13.1. The van der Waals surface area contributed by atoms with E-state index in [9.17, 15) is 9.18 Å². The molecule has 0 spiro atoms. The van der Waals surface area contributed by atoms with Gasteiger partial charge in [-0.15, -0.1) is 0 Å². The Bertz CT molecular complexity index is 837. The van der Waals surface area contributed by atoms with Gasteiger partial charge in [0.05, 0.1) is 5.56 Å². The minimum atomic E-state index is -0.229. The van der Waals surface area contributed by atoms with Crippen LogP contribution in [-0.4, -0.2) is 42.0 Å². The number of amides is 1. The van der Waals surface area contributed by atoms with Crippen molar-refractivity contribution in [3.05, 3.63) is 65.6 Å². The number of pyridine rings is 1. The van der Waals surface area contributed by atoms with E-state index in [0.717, 1.165) is 30.9 Å². The Morgan fingerprint density at radius 3 is 2.29 bits per heavy atom. The summed E-state index contributed by atoms with van der Waals surface area (Å²) in [5.74, 6) is 0.757. The van der Waals surface area contributed by atoms with E-state index in [1.165, 1.54) is 43.4 Å². The second kappa shape index (κ2) is 8.55. The molecule has 0 N–H and O–H groups in total. The summed E-state index contributed by atoms with van der Waals surface area (Å²) in [6.07, 6.45) is 9.54. The van der Waals surface area contributed by atoms with E-state index >= 15 is 0 Å². The van der Waals surface area contributed by atoms with Gasteiger partial charge in [-0.05, 0) is 54.7 Å². The maximum Gasteiger partial charge on any atom is 0.255 e. The number of benzene rings is 1. The second-order valence-electron chi connectivity index (χ2n) is 7.54. The number of carbonyl (C=O) groups is 1. The average molecular weight is 379 g/mol. The number of carbonyl (C=O) groups excluding carboxylic acids is 1. The lowest BCUT2D eigenvalue weighted by Crippen LogP contribution is -2.34. The van der Waals surface area contributed by atoms with Crippen LogP contribution in [0.3, 0.4) is 0 Å². The highest BCUT2D eigenvalue weighted by molar-refractivity contribution is 5.94. The van der Waals surface area contributed by atoms with E-state index < -0.39 is 0 Å². The Hall–Kier alpha value is -2.69. The van der Waals surface area contributed by atoms with E-state index in [1.54, 1.807) is 18.3 Å². The van der Waals surface area contributed by atoms with Crippen molar-refractivity contribution in [2.24, 2.45) is 0 Å². The van der Waals surface area contributed by atoms with Gasteiger partial charge in [-0.25, -0.2) is 9.37 Å². The number of halogens is 1.